The highest BCUT2D eigenvalue weighted by atomic mass is 127. The minimum Gasteiger partial charge on any atom is -0.383 e. The fourth-order valence-corrected chi connectivity index (χ4v) is 2.97. The number of hydrogen-bond acceptors (Lipinski definition) is 5. The van der Waals surface area contributed by atoms with Gasteiger partial charge >= 0.3 is 0 Å². The lowest BCUT2D eigenvalue weighted by molar-refractivity contribution is -0.384. The van der Waals surface area contributed by atoms with Crippen molar-refractivity contribution < 1.29 is 9.66 Å². The van der Waals surface area contributed by atoms with Crippen molar-refractivity contribution in [3.05, 3.63) is 39.9 Å². The van der Waals surface area contributed by atoms with E-state index in [4.69, 9.17) is 4.74 Å². The number of methoxy groups -OCH3 is 1. The lowest BCUT2D eigenvalue weighted by Crippen LogP contribution is -2.49. The molecule has 0 saturated carbocycles. The average molecular weight is 491 g/mol. The second-order valence-corrected chi connectivity index (χ2v) is 6.38. The number of nitrogens with zero attached hydrogens (tertiary/aromatic N) is 3. The van der Waals surface area contributed by atoms with Gasteiger partial charge in [0.2, 0.25) is 0 Å². The molecule has 1 aromatic carbocycles. The van der Waals surface area contributed by atoms with Crippen LogP contribution in [0.4, 0.5) is 5.69 Å². The number of nitro benzene ring substituents is 1. The van der Waals surface area contributed by atoms with E-state index in [1.165, 1.54) is 6.07 Å². The number of nitro groups is 1. The van der Waals surface area contributed by atoms with Crippen molar-refractivity contribution in [2.24, 2.45) is 4.99 Å². The SMILES string of the molecule is CCNC(=NCc1cccc([N+](=O)[O-])c1)NC1CCN(CCOC)CC1.I. The number of hydrogen-bond donors (Lipinski definition) is 2. The first kappa shape index (κ1) is 23.6. The third-order valence-corrected chi connectivity index (χ3v) is 4.43. The molecule has 0 aromatic heterocycles. The number of halogens is 1. The molecule has 1 heterocycles. The van der Waals surface area contributed by atoms with Crippen molar-refractivity contribution in [1.82, 2.24) is 15.5 Å². The van der Waals surface area contributed by atoms with E-state index in [9.17, 15) is 10.1 Å². The van der Waals surface area contributed by atoms with Gasteiger partial charge in [-0.15, -0.1) is 24.0 Å². The van der Waals surface area contributed by atoms with E-state index >= 15 is 0 Å². The highest BCUT2D eigenvalue weighted by Gasteiger charge is 2.19. The zero-order valence-corrected chi connectivity index (χ0v) is 18.3. The normalized spacial score (nSPS) is 15.9. The van der Waals surface area contributed by atoms with Gasteiger partial charge in [-0.2, -0.15) is 0 Å². The third-order valence-electron chi connectivity index (χ3n) is 4.43. The number of nitrogens with one attached hydrogen (secondary N) is 2. The lowest BCUT2D eigenvalue weighted by Gasteiger charge is -2.32. The Bertz CT molecular complexity index is 606. The van der Waals surface area contributed by atoms with Crippen LogP contribution in [0.3, 0.4) is 0 Å². The van der Waals surface area contributed by atoms with Crippen LogP contribution >= 0.6 is 24.0 Å². The Morgan fingerprint density at radius 3 is 2.78 bits per heavy atom. The van der Waals surface area contributed by atoms with Gasteiger partial charge in [0.25, 0.3) is 5.69 Å². The molecule has 1 aliphatic rings. The topological polar surface area (TPSA) is 92.0 Å². The number of rotatable bonds is 8. The van der Waals surface area contributed by atoms with Crippen molar-refractivity contribution in [1.29, 1.82) is 0 Å². The summed E-state index contributed by atoms with van der Waals surface area (Å²) < 4.78 is 5.14. The first-order valence-corrected chi connectivity index (χ1v) is 9.11. The summed E-state index contributed by atoms with van der Waals surface area (Å²) in [5, 5.41) is 17.6. The number of ether oxygens (including phenoxy) is 1. The molecule has 2 rings (SSSR count). The van der Waals surface area contributed by atoms with Crippen LogP contribution in [0.25, 0.3) is 0 Å². The maximum absolute atomic E-state index is 10.9. The predicted molar refractivity (Wildman–Crippen MR) is 118 cm³/mol. The molecule has 0 bridgehead atoms. The third kappa shape index (κ3) is 8.39. The van der Waals surface area contributed by atoms with Gasteiger partial charge in [0, 0.05) is 51.5 Å². The summed E-state index contributed by atoms with van der Waals surface area (Å²) in [4.78, 5) is 17.5. The minimum atomic E-state index is -0.381. The molecule has 1 aromatic rings. The first-order chi connectivity index (χ1) is 12.6. The summed E-state index contributed by atoms with van der Waals surface area (Å²) in [6, 6.07) is 7.00. The minimum absolute atomic E-state index is 0. The molecule has 0 spiro atoms. The molecule has 8 nitrogen and oxygen atoms in total. The summed E-state index contributed by atoms with van der Waals surface area (Å²) in [5.74, 6) is 0.759. The molecule has 0 aliphatic carbocycles. The second-order valence-electron chi connectivity index (χ2n) is 6.38. The van der Waals surface area contributed by atoms with Gasteiger partial charge in [0.15, 0.2) is 5.96 Å². The van der Waals surface area contributed by atoms with Gasteiger partial charge in [-0.05, 0) is 25.3 Å². The molecule has 1 fully saturated rings. The van der Waals surface area contributed by atoms with Crippen LogP contribution in [0.5, 0.6) is 0 Å². The molecule has 152 valence electrons. The summed E-state index contributed by atoms with van der Waals surface area (Å²) in [6.45, 7) is 7.04. The molecule has 2 N–H and O–H groups in total. The quantitative estimate of drug-likeness (QED) is 0.191. The van der Waals surface area contributed by atoms with E-state index in [0.29, 0.717) is 12.6 Å². The summed E-state index contributed by atoms with van der Waals surface area (Å²) in [7, 11) is 1.73. The molecule has 0 atom stereocenters. The van der Waals surface area contributed by atoms with Crippen LogP contribution < -0.4 is 10.6 Å². The number of benzene rings is 1. The Morgan fingerprint density at radius 1 is 1.41 bits per heavy atom. The van der Waals surface area contributed by atoms with Gasteiger partial charge < -0.3 is 20.3 Å². The van der Waals surface area contributed by atoms with E-state index in [1.807, 2.05) is 13.0 Å². The fourth-order valence-electron chi connectivity index (χ4n) is 2.97. The van der Waals surface area contributed by atoms with Crippen LogP contribution in [-0.2, 0) is 11.3 Å². The maximum Gasteiger partial charge on any atom is 0.269 e. The van der Waals surface area contributed by atoms with Crippen molar-refractivity contribution >= 4 is 35.6 Å². The van der Waals surface area contributed by atoms with Gasteiger partial charge in [0.05, 0.1) is 18.1 Å². The Kier molecular flexibility index (Phi) is 11.2. The van der Waals surface area contributed by atoms with Gasteiger partial charge in [-0.1, -0.05) is 12.1 Å². The van der Waals surface area contributed by atoms with E-state index in [-0.39, 0.29) is 34.6 Å². The molecule has 0 radical (unpaired) electrons. The number of aliphatic imine (C=N–C) groups is 1. The number of non-ortho nitro benzene ring substituents is 1. The first-order valence-electron chi connectivity index (χ1n) is 9.11. The van der Waals surface area contributed by atoms with E-state index in [2.05, 4.69) is 20.5 Å². The van der Waals surface area contributed by atoms with Gasteiger partial charge in [0.1, 0.15) is 0 Å². The van der Waals surface area contributed by atoms with Gasteiger partial charge in [-0.25, -0.2) is 4.99 Å². The number of guanidine groups is 1. The van der Waals surface area contributed by atoms with Crippen molar-refractivity contribution in [3.63, 3.8) is 0 Å². The van der Waals surface area contributed by atoms with E-state index in [1.54, 1.807) is 19.2 Å². The molecule has 0 amide bonds. The Hall–Kier alpha value is -1.46. The van der Waals surface area contributed by atoms with Crippen molar-refractivity contribution in [3.8, 4) is 0 Å². The second kappa shape index (κ2) is 12.8. The lowest BCUT2D eigenvalue weighted by atomic mass is 10.1. The summed E-state index contributed by atoms with van der Waals surface area (Å²) in [5.41, 5.74) is 0.921. The zero-order chi connectivity index (χ0) is 18.8. The standard InChI is InChI=1S/C18H29N5O3.HI/c1-3-19-18(20-14-15-5-4-6-17(13-15)23(24)25)21-16-7-9-22(10-8-16)11-12-26-2;/h4-6,13,16H,3,7-12,14H2,1-2H3,(H2,19,20,21);1H. The van der Waals surface area contributed by atoms with Crippen LogP contribution in [0, 0.1) is 10.1 Å². The van der Waals surface area contributed by atoms with Crippen LogP contribution in [0.2, 0.25) is 0 Å². The van der Waals surface area contributed by atoms with Crippen molar-refractivity contribution in [2.75, 3.05) is 39.9 Å². The molecular weight excluding hydrogens is 461 g/mol. The predicted octanol–water partition coefficient (Wildman–Crippen LogP) is 2.38. The van der Waals surface area contributed by atoms with E-state index in [0.717, 1.165) is 57.2 Å². The van der Waals surface area contributed by atoms with Gasteiger partial charge in [-0.3, -0.25) is 10.1 Å². The molecule has 27 heavy (non-hydrogen) atoms. The Labute approximate surface area is 177 Å². The largest absolute Gasteiger partial charge is 0.383 e. The van der Waals surface area contributed by atoms with Crippen LogP contribution in [0.1, 0.15) is 25.3 Å². The Balaban J connectivity index is 0.00000364. The van der Waals surface area contributed by atoms with Crippen LogP contribution in [-0.4, -0.2) is 61.7 Å². The fraction of sp³-hybridized carbons (Fsp3) is 0.611. The molecular formula is C18H30IN5O3. The smallest absolute Gasteiger partial charge is 0.269 e. The van der Waals surface area contributed by atoms with Crippen molar-refractivity contribution in [2.45, 2.75) is 32.4 Å². The average Bonchev–Trinajstić information content (AvgIpc) is 2.66. The van der Waals surface area contributed by atoms with E-state index < -0.39 is 0 Å². The monoisotopic (exact) mass is 491 g/mol. The molecule has 9 heteroatoms. The Morgan fingerprint density at radius 2 is 2.15 bits per heavy atom. The summed E-state index contributed by atoms with van der Waals surface area (Å²) >= 11 is 0. The highest BCUT2D eigenvalue weighted by molar-refractivity contribution is 14.0. The maximum atomic E-state index is 10.9. The zero-order valence-electron chi connectivity index (χ0n) is 16.0. The van der Waals surface area contributed by atoms with Crippen LogP contribution in [0.15, 0.2) is 29.3 Å². The molecule has 0 unspecified atom stereocenters. The molecule has 1 aliphatic heterocycles. The molecule has 1 saturated heterocycles. The number of piperidine rings is 1. The number of likely N-dealkylation sites (tertiary alicyclic amines) is 1. The summed E-state index contributed by atoms with van der Waals surface area (Å²) in [6.07, 6.45) is 2.12. The highest BCUT2D eigenvalue weighted by Crippen LogP contribution is 2.14.